The number of amides is 1. The fraction of sp³-hybridized carbons (Fsp3) is 0.462. The summed E-state index contributed by atoms with van der Waals surface area (Å²) in [5, 5.41) is 0. The standard InChI is InChI=1S/C13H19NO2/c1-11-6-8-12(9-7-11)16-10-4-5-13(15)14(2)3/h6-9H,4-5,10H2,1-3H3. The van der Waals surface area contributed by atoms with Gasteiger partial charge in [0.1, 0.15) is 5.75 Å². The van der Waals surface area contributed by atoms with Gasteiger partial charge in [0.15, 0.2) is 0 Å². The zero-order valence-corrected chi connectivity index (χ0v) is 10.2. The molecule has 0 radical (unpaired) electrons. The third-order valence-electron chi connectivity index (χ3n) is 2.32. The van der Waals surface area contributed by atoms with Gasteiger partial charge in [-0.05, 0) is 25.5 Å². The number of aryl methyl sites for hydroxylation is 1. The first-order valence-electron chi connectivity index (χ1n) is 5.49. The summed E-state index contributed by atoms with van der Waals surface area (Å²) in [4.78, 5) is 12.9. The molecule has 88 valence electrons. The van der Waals surface area contributed by atoms with Crippen molar-refractivity contribution in [2.24, 2.45) is 0 Å². The highest BCUT2D eigenvalue weighted by atomic mass is 16.5. The highest BCUT2D eigenvalue weighted by Crippen LogP contribution is 2.11. The van der Waals surface area contributed by atoms with E-state index in [1.807, 2.05) is 31.2 Å². The van der Waals surface area contributed by atoms with Crippen molar-refractivity contribution in [1.82, 2.24) is 4.90 Å². The lowest BCUT2D eigenvalue weighted by Gasteiger charge is -2.10. The molecule has 3 nitrogen and oxygen atoms in total. The lowest BCUT2D eigenvalue weighted by atomic mass is 10.2. The molecule has 0 aliphatic carbocycles. The molecule has 0 spiro atoms. The van der Waals surface area contributed by atoms with Gasteiger partial charge >= 0.3 is 0 Å². The molecule has 16 heavy (non-hydrogen) atoms. The summed E-state index contributed by atoms with van der Waals surface area (Å²) in [5.74, 6) is 1.01. The number of rotatable bonds is 5. The Morgan fingerprint density at radius 3 is 2.44 bits per heavy atom. The Bertz CT molecular complexity index is 330. The molecular formula is C13H19NO2. The fourth-order valence-electron chi connectivity index (χ4n) is 1.27. The number of hydrogen-bond acceptors (Lipinski definition) is 2. The number of hydrogen-bond donors (Lipinski definition) is 0. The molecule has 0 aliphatic heterocycles. The molecule has 1 rings (SSSR count). The quantitative estimate of drug-likeness (QED) is 0.714. The molecule has 0 unspecified atom stereocenters. The van der Waals surface area contributed by atoms with Crippen LogP contribution < -0.4 is 4.74 Å². The Morgan fingerprint density at radius 2 is 1.88 bits per heavy atom. The van der Waals surface area contributed by atoms with Crippen molar-refractivity contribution in [2.75, 3.05) is 20.7 Å². The Hall–Kier alpha value is -1.51. The molecule has 1 aromatic rings. The third kappa shape index (κ3) is 4.34. The van der Waals surface area contributed by atoms with Gasteiger partial charge in [-0.2, -0.15) is 0 Å². The van der Waals surface area contributed by atoms with E-state index in [9.17, 15) is 4.79 Å². The van der Waals surface area contributed by atoms with E-state index in [2.05, 4.69) is 0 Å². The van der Waals surface area contributed by atoms with Crippen LogP contribution in [0.2, 0.25) is 0 Å². The molecular weight excluding hydrogens is 202 g/mol. The summed E-state index contributed by atoms with van der Waals surface area (Å²) in [6.07, 6.45) is 1.30. The second-order valence-electron chi connectivity index (χ2n) is 4.05. The molecule has 0 aliphatic rings. The lowest BCUT2D eigenvalue weighted by molar-refractivity contribution is -0.128. The second-order valence-corrected chi connectivity index (χ2v) is 4.05. The maximum absolute atomic E-state index is 11.3. The largest absolute Gasteiger partial charge is 0.494 e. The summed E-state index contributed by atoms with van der Waals surface area (Å²) in [5.41, 5.74) is 1.22. The number of nitrogens with zero attached hydrogens (tertiary/aromatic N) is 1. The van der Waals surface area contributed by atoms with Crippen LogP contribution in [0.15, 0.2) is 24.3 Å². The van der Waals surface area contributed by atoms with Gasteiger partial charge in [0, 0.05) is 20.5 Å². The Labute approximate surface area is 97.0 Å². The number of benzene rings is 1. The maximum Gasteiger partial charge on any atom is 0.222 e. The molecule has 0 heterocycles. The monoisotopic (exact) mass is 221 g/mol. The van der Waals surface area contributed by atoms with Crippen LogP contribution in [-0.2, 0) is 4.79 Å². The molecule has 3 heteroatoms. The van der Waals surface area contributed by atoms with E-state index in [1.165, 1.54) is 5.56 Å². The molecule has 0 aromatic heterocycles. The molecule has 0 fully saturated rings. The maximum atomic E-state index is 11.3. The van der Waals surface area contributed by atoms with E-state index in [0.29, 0.717) is 13.0 Å². The number of ether oxygens (including phenoxy) is 1. The highest BCUT2D eigenvalue weighted by molar-refractivity contribution is 5.75. The van der Waals surface area contributed by atoms with Crippen LogP contribution in [0.4, 0.5) is 0 Å². The number of carbonyl (C=O) groups excluding carboxylic acids is 1. The first-order chi connectivity index (χ1) is 7.59. The molecule has 0 bridgehead atoms. The smallest absolute Gasteiger partial charge is 0.222 e. The number of carbonyl (C=O) groups is 1. The van der Waals surface area contributed by atoms with Crippen LogP contribution in [-0.4, -0.2) is 31.5 Å². The Kier molecular flexibility index (Phi) is 4.83. The first-order valence-corrected chi connectivity index (χ1v) is 5.49. The van der Waals surface area contributed by atoms with Crippen molar-refractivity contribution in [2.45, 2.75) is 19.8 Å². The molecule has 1 amide bonds. The Balaban J connectivity index is 2.21. The van der Waals surface area contributed by atoms with Gasteiger partial charge < -0.3 is 9.64 Å². The van der Waals surface area contributed by atoms with Crippen LogP contribution >= 0.6 is 0 Å². The highest BCUT2D eigenvalue weighted by Gasteiger charge is 2.03. The molecule has 1 aromatic carbocycles. The van der Waals surface area contributed by atoms with Crippen LogP contribution in [0.1, 0.15) is 18.4 Å². The van der Waals surface area contributed by atoms with E-state index in [0.717, 1.165) is 12.2 Å². The van der Waals surface area contributed by atoms with Crippen molar-refractivity contribution in [1.29, 1.82) is 0 Å². The lowest BCUT2D eigenvalue weighted by Crippen LogP contribution is -2.21. The van der Waals surface area contributed by atoms with Gasteiger partial charge in [0.25, 0.3) is 0 Å². The van der Waals surface area contributed by atoms with E-state index in [4.69, 9.17) is 4.74 Å². The van der Waals surface area contributed by atoms with E-state index < -0.39 is 0 Å². The van der Waals surface area contributed by atoms with Crippen molar-refractivity contribution < 1.29 is 9.53 Å². The average Bonchev–Trinajstić information content (AvgIpc) is 2.26. The van der Waals surface area contributed by atoms with E-state index in [-0.39, 0.29) is 5.91 Å². The zero-order valence-electron chi connectivity index (χ0n) is 10.2. The summed E-state index contributed by atoms with van der Waals surface area (Å²) < 4.78 is 5.52. The minimum atomic E-state index is 0.146. The first kappa shape index (κ1) is 12.6. The minimum absolute atomic E-state index is 0.146. The van der Waals surface area contributed by atoms with Crippen LogP contribution in [0, 0.1) is 6.92 Å². The van der Waals surface area contributed by atoms with Gasteiger partial charge in [-0.3, -0.25) is 4.79 Å². The summed E-state index contributed by atoms with van der Waals surface area (Å²) in [6.45, 7) is 2.63. The second kappa shape index (κ2) is 6.16. The topological polar surface area (TPSA) is 29.5 Å². The summed E-state index contributed by atoms with van der Waals surface area (Å²) in [7, 11) is 3.53. The van der Waals surface area contributed by atoms with Crippen LogP contribution in [0.3, 0.4) is 0 Å². The van der Waals surface area contributed by atoms with Gasteiger partial charge in [-0.25, -0.2) is 0 Å². The molecule has 0 saturated carbocycles. The SMILES string of the molecule is Cc1ccc(OCCCC(=O)N(C)C)cc1. The fourth-order valence-corrected chi connectivity index (χ4v) is 1.27. The zero-order chi connectivity index (χ0) is 12.0. The van der Waals surface area contributed by atoms with Gasteiger partial charge in [0.2, 0.25) is 5.91 Å². The van der Waals surface area contributed by atoms with Crippen molar-refractivity contribution >= 4 is 5.91 Å². The minimum Gasteiger partial charge on any atom is -0.494 e. The Morgan fingerprint density at radius 1 is 1.25 bits per heavy atom. The van der Waals surface area contributed by atoms with Gasteiger partial charge in [0.05, 0.1) is 6.61 Å². The molecule has 0 atom stereocenters. The average molecular weight is 221 g/mol. The van der Waals surface area contributed by atoms with Crippen molar-refractivity contribution in [3.63, 3.8) is 0 Å². The summed E-state index contributed by atoms with van der Waals surface area (Å²) in [6, 6.07) is 7.92. The van der Waals surface area contributed by atoms with Gasteiger partial charge in [-0.1, -0.05) is 17.7 Å². The predicted octanol–water partition coefficient (Wildman–Crippen LogP) is 2.24. The molecule has 0 N–H and O–H groups in total. The predicted molar refractivity (Wildman–Crippen MR) is 64.6 cm³/mol. The van der Waals surface area contributed by atoms with Crippen LogP contribution in [0.25, 0.3) is 0 Å². The van der Waals surface area contributed by atoms with E-state index in [1.54, 1.807) is 19.0 Å². The molecule has 0 saturated heterocycles. The third-order valence-corrected chi connectivity index (χ3v) is 2.32. The summed E-state index contributed by atoms with van der Waals surface area (Å²) >= 11 is 0. The van der Waals surface area contributed by atoms with Crippen LogP contribution in [0.5, 0.6) is 5.75 Å². The normalized spacial score (nSPS) is 9.94. The van der Waals surface area contributed by atoms with Crippen molar-refractivity contribution in [3.8, 4) is 5.75 Å². The van der Waals surface area contributed by atoms with E-state index >= 15 is 0 Å². The van der Waals surface area contributed by atoms with Crippen molar-refractivity contribution in [3.05, 3.63) is 29.8 Å². The van der Waals surface area contributed by atoms with Gasteiger partial charge in [-0.15, -0.1) is 0 Å².